The van der Waals surface area contributed by atoms with Crippen LogP contribution in [-0.4, -0.2) is 0 Å². The highest BCUT2D eigenvalue weighted by atomic mass is 16.3. The molecule has 1 heterocycles. The maximum Gasteiger partial charge on any atom is 0.135 e. The first-order chi connectivity index (χ1) is 22.6. The van der Waals surface area contributed by atoms with Crippen LogP contribution in [0, 0.1) is 6.92 Å². The quantitative estimate of drug-likeness (QED) is 0.171. The fourth-order valence-corrected chi connectivity index (χ4v) is 7.42. The van der Waals surface area contributed by atoms with Gasteiger partial charge in [-0.3, -0.25) is 0 Å². The number of aryl methyl sites for hydroxylation is 1. The zero-order chi connectivity index (χ0) is 31.3. The van der Waals surface area contributed by atoms with E-state index in [1.54, 1.807) is 0 Å². The van der Waals surface area contributed by atoms with Crippen molar-refractivity contribution < 1.29 is 4.42 Å². The van der Waals surface area contributed by atoms with Gasteiger partial charge in [-0.25, -0.2) is 0 Å². The number of hydrogen-bond donors (Lipinski definition) is 0. The average Bonchev–Trinajstić information content (AvgIpc) is 3.61. The molecular weight excluding hydrogens is 558 g/mol. The summed E-state index contributed by atoms with van der Waals surface area (Å²) in [5.74, 6) is 0. The van der Waals surface area contributed by atoms with Gasteiger partial charge >= 0.3 is 0 Å². The number of benzene rings is 6. The van der Waals surface area contributed by atoms with Crippen molar-refractivity contribution in [3.05, 3.63) is 199 Å². The van der Waals surface area contributed by atoms with E-state index in [1.807, 2.05) is 24.3 Å². The van der Waals surface area contributed by atoms with Crippen LogP contribution in [0.1, 0.15) is 22.3 Å². The molecule has 2 heteroatoms. The Balaban J connectivity index is 1.43. The molecule has 8 rings (SSSR count). The van der Waals surface area contributed by atoms with Gasteiger partial charge in [0.05, 0.1) is 5.41 Å². The summed E-state index contributed by atoms with van der Waals surface area (Å²) in [5, 5.41) is 2.21. The van der Waals surface area contributed by atoms with Crippen LogP contribution in [-0.2, 0) is 5.41 Å². The summed E-state index contributed by atoms with van der Waals surface area (Å²) in [7, 11) is 0. The standard InChI is InChI=1S/C44H33NO/c1-4-14-31(5-2)44(32-16-7-6-8-17-32)40-21-11-9-19-36(40)37-25-23-35(29-41(37)44)45(33-18-13-15-30(3)27-33)34-24-26-43-39(28-34)38-20-10-12-22-42(38)46-43/h4-29H,1-2H2,3H3/b31-14+. The molecule has 0 amide bonds. The molecule has 0 saturated carbocycles. The van der Waals surface area contributed by atoms with Gasteiger partial charge in [-0.2, -0.15) is 0 Å². The van der Waals surface area contributed by atoms with Gasteiger partial charge in [0.2, 0.25) is 0 Å². The molecule has 0 bridgehead atoms. The fraction of sp³-hybridized carbons (Fsp3) is 0.0455. The second kappa shape index (κ2) is 10.9. The molecule has 0 spiro atoms. The summed E-state index contributed by atoms with van der Waals surface area (Å²) in [5.41, 5.74) is 12.9. The Kier molecular flexibility index (Phi) is 6.58. The minimum atomic E-state index is -0.567. The second-order valence-corrected chi connectivity index (χ2v) is 11.9. The van der Waals surface area contributed by atoms with Gasteiger partial charge in [-0.15, -0.1) is 0 Å². The molecule has 2 nitrogen and oxygen atoms in total. The molecule has 0 N–H and O–H groups in total. The Morgan fingerprint density at radius 1 is 0.609 bits per heavy atom. The summed E-state index contributed by atoms with van der Waals surface area (Å²) >= 11 is 0. The van der Waals surface area contributed by atoms with E-state index in [0.717, 1.165) is 44.6 Å². The highest BCUT2D eigenvalue weighted by Crippen LogP contribution is 2.57. The molecule has 0 radical (unpaired) electrons. The maximum absolute atomic E-state index is 6.21. The number of fused-ring (bicyclic) bond motifs is 6. The lowest BCUT2D eigenvalue weighted by molar-refractivity contribution is 0.669. The van der Waals surface area contributed by atoms with E-state index in [9.17, 15) is 0 Å². The summed E-state index contributed by atoms with van der Waals surface area (Å²) in [6.45, 7) is 10.6. The average molecular weight is 592 g/mol. The first-order valence-electron chi connectivity index (χ1n) is 15.7. The molecule has 220 valence electrons. The van der Waals surface area contributed by atoms with E-state index >= 15 is 0 Å². The smallest absolute Gasteiger partial charge is 0.135 e. The van der Waals surface area contributed by atoms with Crippen LogP contribution in [0.5, 0.6) is 0 Å². The van der Waals surface area contributed by atoms with E-state index in [1.165, 1.54) is 33.4 Å². The van der Waals surface area contributed by atoms with Gasteiger partial charge in [0.25, 0.3) is 0 Å². The molecule has 1 atom stereocenters. The third-order valence-electron chi connectivity index (χ3n) is 9.32. The zero-order valence-electron chi connectivity index (χ0n) is 25.8. The Morgan fingerprint density at radius 3 is 2.13 bits per heavy atom. The molecule has 6 aromatic carbocycles. The van der Waals surface area contributed by atoms with E-state index in [0.29, 0.717) is 0 Å². The number of furan rings is 1. The summed E-state index contributed by atoms with van der Waals surface area (Å²) < 4.78 is 6.21. The van der Waals surface area contributed by atoms with Gasteiger partial charge in [0, 0.05) is 27.8 Å². The van der Waals surface area contributed by atoms with Gasteiger partial charge < -0.3 is 9.32 Å². The van der Waals surface area contributed by atoms with Crippen molar-refractivity contribution >= 4 is 39.0 Å². The van der Waals surface area contributed by atoms with Gasteiger partial charge in [0.1, 0.15) is 11.2 Å². The van der Waals surface area contributed by atoms with Crippen molar-refractivity contribution in [3.8, 4) is 11.1 Å². The van der Waals surface area contributed by atoms with Gasteiger partial charge in [0.15, 0.2) is 0 Å². The Bertz CT molecular complexity index is 2320. The van der Waals surface area contributed by atoms with E-state index < -0.39 is 5.41 Å². The number of para-hydroxylation sites is 1. The second-order valence-electron chi connectivity index (χ2n) is 11.9. The number of anilines is 3. The van der Waals surface area contributed by atoms with Crippen molar-refractivity contribution in [2.75, 3.05) is 4.90 Å². The van der Waals surface area contributed by atoms with E-state index in [4.69, 9.17) is 4.42 Å². The van der Waals surface area contributed by atoms with Crippen molar-refractivity contribution in [2.24, 2.45) is 0 Å². The third-order valence-corrected chi connectivity index (χ3v) is 9.32. The molecule has 1 aromatic heterocycles. The Hall–Kier alpha value is -5.86. The third kappa shape index (κ3) is 4.11. The normalized spacial score (nSPS) is 15.5. The minimum Gasteiger partial charge on any atom is -0.456 e. The molecule has 1 aliphatic rings. The zero-order valence-corrected chi connectivity index (χ0v) is 25.8. The largest absolute Gasteiger partial charge is 0.456 e. The van der Waals surface area contributed by atoms with E-state index in [-0.39, 0.29) is 0 Å². The topological polar surface area (TPSA) is 16.4 Å². The SMILES string of the molecule is C=C/C=C(\C=C)C1(c2ccccc2)c2ccccc2-c2ccc(N(c3cccc(C)c3)c3ccc4oc5ccccc5c4c3)cc21. The lowest BCUT2D eigenvalue weighted by Crippen LogP contribution is -2.29. The van der Waals surface area contributed by atoms with Crippen molar-refractivity contribution in [2.45, 2.75) is 12.3 Å². The molecule has 0 saturated heterocycles. The number of nitrogens with zero attached hydrogens (tertiary/aromatic N) is 1. The number of allylic oxidation sites excluding steroid dienone is 4. The lowest BCUT2D eigenvalue weighted by atomic mass is 9.67. The highest BCUT2D eigenvalue weighted by Gasteiger charge is 2.46. The van der Waals surface area contributed by atoms with Crippen LogP contribution >= 0.6 is 0 Å². The van der Waals surface area contributed by atoms with Crippen LogP contribution in [0.25, 0.3) is 33.1 Å². The first kappa shape index (κ1) is 27.7. The molecule has 1 aliphatic carbocycles. The van der Waals surface area contributed by atoms with Crippen molar-refractivity contribution in [1.82, 2.24) is 0 Å². The van der Waals surface area contributed by atoms with Crippen LogP contribution < -0.4 is 4.90 Å². The van der Waals surface area contributed by atoms with Crippen LogP contribution in [0.2, 0.25) is 0 Å². The van der Waals surface area contributed by atoms with Crippen LogP contribution in [0.4, 0.5) is 17.1 Å². The molecular formula is C44H33NO. The van der Waals surface area contributed by atoms with Crippen LogP contribution in [0.3, 0.4) is 0 Å². The van der Waals surface area contributed by atoms with Gasteiger partial charge in [-0.1, -0.05) is 122 Å². The van der Waals surface area contributed by atoms with E-state index in [2.05, 4.69) is 158 Å². The van der Waals surface area contributed by atoms with Gasteiger partial charge in [-0.05, 0) is 94.4 Å². The lowest BCUT2D eigenvalue weighted by Gasteiger charge is -2.35. The Morgan fingerprint density at radius 2 is 1.30 bits per heavy atom. The van der Waals surface area contributed by atoms with Crippen molar-refractivity contribution in [1.29, 1.82) is 0 Å². The number of hydrogen-bond acceptors (Lipinski definition) is 2. The minimum absolute atomic E-state index is 0.567. The highest BCUT2D eigenvalue weighted by molar-refractivity contribution is 6.06. The molecule has 46 heavy (non-hydrogen) atoms. The fourth-order valence-electron chi connectivity index (χ4n) is 7.42. The summed E-state index contributed by atoms with van der Waals surface area (Å²) in [6.07, 6.45) is 5.97. The molecule has 7 aromatic rings. The molecule has 0 fully saturated rings. The number of rotatable bonds is 7. The van der Waals surface area contributed by atoms with Crippen LogP contribution in [0.15, 0.2) is 181 Å². The van der Waals surface area contributed by atoms with Crippen molar-refractivity contribution in [3.63, 3.8) is 0 Å². The summed E-state index contributed by atoms with van der Waals surface area (Å²) in [4.78, 5) is 2.36. The molecule has 1 unspecified atom stereocenters. The monoisotopic (exact) mass is 591 g/mol. The molecule has 0 aliphatic heterocycles. The predicted octanol–water partition coefficient (Wildman–Crippen LogP) is 12.0. The predicted molar refractivity (Wildman–Crippen MR) is 193 cm³/mol. The first-order valence-corrected chi connectivity index (χ1v) is 15.7. The summed E-state index contributed by atoms with van der Waals surface area (Å²) in [6, 6.07) is 49.9. The maximum atomic E-state index is 6.21. The Labute approximate surface area is 269 Å².